The van der Waals surface area contributed by atoms with Crippen molar-refractivity contribution in [2.24, 2.45) is 0 Å². The Kier molecular flexibility index (Phi) is 8.71. The van der Waals surface area contributed by atoms with Crippen LogP contribution in [0.3, 0.4) is 0 Å². The zero-order valence-electron chi connectivity index (χ0n) is 21.6. The number of hydrogen-bond acceptors (Lipinski definition) is 8. The van der Waals surface area contributed by atoms with Crippen LogP contribution in [0, 0.1) is 0 Å². The monoisotopic (exact) mass is 599 g/mol. The fourth-order valence-corrected chi connectivity index (χ4v) is 4.99. The Balaban J connectivity index is 2.02. The first kappa shape index (κ1) is 30.7. The summed E-state index contributed by atoms with van der Waals surface area (Å²) in [5.74, 6) is -1.35. The number of nitrogens with zero attached hydrogens (tertiary/aromatic N) is 3. The molecule has 12 nitrogen and oxygen atoms in total. The molecule has 0 saturated heterocycles. The molecule has 2 amide bonds. The van der Waals surface area contributed by atoms with Gasteiger partial charge in [-0.25, -0.2) is 13.2 Å². The van der Waals surface area contributed by atoms with Gasteiger partial charge in [-0.05, 0) is 39.0 Å². The number of fused-ring (bicyclic) bond motifs is 1. The number of rotatable bonds is 9. The van der Waals surface area contributed by atoms with Crippen molar-refractivity contribution >= 4 is 33.4 Å². The number of aryl methyl sites for hydroxylation is 1. The van der Waals surface area contributed by atoms with E-state index in [1.165, 1.54) is 19.1 Å². The van der Waals surface area contributed by atoms with Gasteiger partial charge < -0.3 is 19.5 Å². The van der Waals surface area contributed by atoms with E-state index in [1.54, 1.807) is 6.92 Å². The van der Waals surface area contributed by atoms with Crippen LogP contribution in [0.2, 0.25) is 0 Å². The molecule has 2 aromatic rings. The van der Waals surface area contributed by atoms with Crippen LogP contribution in [0.4, 0.5) is 38.1 Å². The van der Waals surface area contributed by atoms with Crippen molar-refractivity contribution in [1.29, 1.82) is 0 Å². The molecular weight excluding hydrogens is 573 g/mol. The predicted molar refractivity (Wildman–Crippen MR) is 129 cm³/mol. The lowest BCUT2D eigenvalue weighted by atomic mass is 10.1. The Hall–Kier alpha value is -3.83. The van der Waals surface area contributed by atoms with Crippen LogP contribution in [-0.4, -0.2) is 67.8 Å². The summed E-state index contributed by atoms with van der Waals surface area (Å²) in [5.41, 5.74) is -3.19. The molecular formula is C22H26F5N5O7S. The molecule has 0 aliphatic carbocycles. The normalized spacial score (nSPS) is 15.8. The average molecular weight is 600 g/mol. The van der Waals surface area contributed by atoms with Gasteiger partial charge in [0.15, 0.2) is 4.90 Å². The van der Waals surface area contributed by atoms with Crippen molar-refractivity contribution in [3.63, 3.8) is 0 Å². The van der Waals surface area contributed by atoms with Crippen LogP contribution >= 0.6 is 0 Å². The second kappa shape index (κ2) is 11.3. The van der Waals surface area contributed by atoms with Gasteiger partial charge in [0.25, 0.3) is 15.9 Å². The Morgan fingerprint density at radius 1 is 1.25 bits per heavy atom. The zero-order chi connectivity index (χ0) is 30.0. The number of carbonyl (C=O) groups is 2. The van der Waals surface area contributed by atoms with Gasteiger partial charge in [0, 0.05) is 25.4 Å². The highest BCUT2D eigenvalue weighted by molar-refractivity contribution is 7.93. The van der Waals surface area contributed by atoms with Gasteiger partial charge in [0.2, 0.25) is 11.5 Å². The molecule has 1 aliphatic heterocycles. The number of sulfonamides is 1. The molecule has 1 aromatic carbocycles. The number of anilines is 2. The highest BCUT2D eigenvalue weighted by atomic mass is 32.2. The van der Waals surface area contributed by atoms with Gasteiger partial charge >= 0.3 is 18.9 Å². The van der Waals surface area contributed by atoms with E-state index < -0.39 is 63.8 Å². The maximum absolute atomic E-state index is 13.8. The Morgan fingerprint density at radius 3 is 2.50 bits per heavy atom. The third-order valence-electron chi connectivity index (χ3n) is 5.54. The molecule has 2 N–H and O–H groups in total. The minimum absolute atomic E-state index is 0.0565. The van der Waals surface area contributed by atoms with E-state index in [0.29, 0.717) is 13.8 Å². The standard InChI is InChI=1S/C22H26F5N5O7S/c1-5-31-11-17(18(30-31)38-19(23)24)40(35,36)32-10-14(9-28-12(2)33)37-16-7-6-13(8-15(16)32)29-20(34)39-21(3,4)22(25,26)27/h6-8,11,14,19H,5,9-10H2,1-4H3,(H,28,33)(H,29,34)/t14-/m0/s1. The first-order valence-electron chi connectivity index (χ1n) is 11.6. The second-order valence-electron chi connectivity index (χ2n) is 8.95. The fraction of sp³-hybridized carbons (Fsp3) is 0.500. The van der Waals surface area contributed by atoms with E-state index in [4.69, 9.17) is 4.74 Å². The number of carbonyl (C=O) groups excluding carboxylic acids is 2. The molecule has 1 aliphatic rings. The molecule has 0 saturated carbocycles. The third kappa shape index (κ3) is 6.83. The molecule has 1 atom stereocenters. The SMILES string of the molecule is CCn1cc(S(=O)(=O)N2C[C@H](CNC(C)=O)Oc3ccc(NC(=O)OC(C)(C)C(F)(F)F)cc32)c(OC(F)F)n1. The van der Waals surface area contributed by atoms with E-state index in [2.05, 4.69) is 25.2 Å². The number of ether oxygens (including phenoxy) is 3. The van der Waals surface area contributed by atoms with Crippen LogP contribution in [0.25, 0.3) is 0 Å². The van der Waals surface area contributed by atoms with Gasteiger partial charge in [0.1, 0.15) is 11.9 Å². The van der Waals surface area contributed by atoms with Crippen molar-refractivity contribution in [2.45, 2.75) is 63.6 Å². The molecule has 0 unspecified atom stereocenters. The number of aromatic nitrogens is 2. The topological polar surface area (TPSA) is 141 Å². The average Bonchev–Trinajstić information content (AvgIpc) is 3.24. The summed E-state index contributed by atoms with van der Waals surface area (Å²) in [4.78, 5) is 22.9. The molecule has 0 spiro atoms. The van der Waals surface area contributed by atoms with Gasteiger partial charge in [0.05, 0.1) is 18.8 Å². The largest absolute Gasteiger partial charge is 0.484 e. The van der Waals surface area contributed by atoms with Crippen molar-refractivity contribution in [2.75, 3.05) is 22.7 Å². The molecule has 0 fully saturated rings. The molecule has 0 bridgehead atoms. The van der Waals surface area contributed by atoms with Gasteiger partial charge in [-0.2, -0.15) is 22.0 Å². The second-order valence-corrected chi connectivity index (χ2v) is 10.8. The first-order valence-corrected chi connectivity index (χ1v) is 13.1. The Labute approximate surface area is 225 Å². The number of benzene rings is 1. The zero-order valence-corrected chi connectivity index (χ0v) is 22.4. The summed E-state index contributed by atoms with van der Waals surface area (Å²) in [7, 11) is -4.70. The Morgan fingerprint density at radius 2 is 1.93 bits per heavy atom. The lowest BCUT2D eigenvalue weighted by molar-refractivity contribution is -0.242. The number of hydrogen-bond donors (Lipinski definition) is 2. The maximum Gasteiger partial charge on any atom is 0.427 e. The molecule has 0 radical (unpaired) electrons. The molecule has 2 heterocycles. The van der Waals surface area contributed by atoms with Crippen molar-refractivity contribution in [1.82, 2.24) is 15.1 Å². The van der Waals surface area contributed by atoms with Gasteiger partial charge in [-0.1, -0.05) is 0 Å². The number of alkyl halides is 5. The van der Waals surface area contributed by atoms with Gasteiger partial charge in [-0.3, -0.25) is 19.1 Å². The van der Waals surface area contributed by atoms with Crippen molar-refractivity contribution < 1.29 is 54.2 Å². The number of nitrogens with one attached hydrogen (secondary N) is 2. The van der Waals surface area contributed by atoms with E-state index in [0.717, 1.165) is 21.3 Å². The smallest absolute Gasteiger partial charge is 0.427 e. The maximum atomic E-state index is 13.8. The van der Waals surface area contributed by atoms with Crippen LogP contribution in [0.15, 0.2) is 29.3 Å². The van der Waals surface area contributed by atoms with Gasteiger partial charge in [-0.15, -0.1) is 5.10 Å². The van der Waals surface area contributed by atoms with E-state index in [-0.39, 0.29) is 30.2 Å². The lowest BCUT2D eigenvalue weighted by Crippen LogP contribution is -2.48. The minimum Gasteiger partial charge on any atom is -0.484 e. The van der Waals surface area contributed by atoms with Crippen LogP contribution in [0.5, 0.6) is 11.6 Å². The molecule has 1 aromatic heterocycles. The van der Waals surface area contributed by atoms with E-state index >= 15 is 0 Å². The molecule has 18 heteroatoms. The first-order chi connectivity index (χ1) is 18.4. The Bertz CT molecular complexity index is 1360. The summed E-state index contributed by atoms with van der Waals surface area (Å²) in [5, 5.41) is 8.32. The summed E-state index contributed by atoms with van der Waals surface area (Å²) in [6, 6.07) is 3.53. The van der Waals surface area contributed by atoms with E-state index in [9.17, 15) is 40.0 Å². The highest BCUT2D eigenvalue weighted by Gasteiger charge is 2.51. The third-order valence-corrected chi connectivity index (χ3v) is 7.30. The molecule has 222 valence electrons. The quantitative estimate of drug-likeness (QED) is 0.418. The van der Waals surface area contributed by atoms with E-state index in [1.807, 2.05) is 0 Å². The lowest BCUT2D eigenvalue weighted by Gasteiger charge is -2.35. The molecule has 3 rings (SSSR count). The van der Waals surface area contributed by atoms with Crippen LogP contribution < -0.4 is 24.4 Å². The fourth-order valence-electron chi connectivity index (χ4n) is 3.42. The minimum atomic E-state index is -4.87. The number of halogens is 5. The van der Waals surface area contributed by atoms with Crippen molar-refractivity contribution in [3.05, 3.63) is 24.4 Å². The summed E-state index contributed by atoms with van der Waals surface area (Å²) in [6.07, 6.45) is -6.30. The summed E-state index contributed by atoms with van der Waals surface area (Å²) >= 11 is 0. The van der Waals surface area contributed by atoms with Crippen LogP contribution in [-0.2, 0) is 26.1 Å². The molecule has 40 heavy (non-hydrogen) atoms. The highest BCUT2D eigenvalue weighted by Crippen LogP contribution is 2.41. The predicted octanol–water partition coefficient (Wildman–Crippen LogP) is 3.49. The number of amides is 2. The summed E-state index contributed by atoms with van der Waals surface area (Å²) in [6.45, 7) is 0.268. The van der Waals surface area contributed by atoms with Crippen molar-refractivity contribution in [3.8, 4) is 11.6 Å². The van der Waals surface area contributed by atoms with Crippen LogP contribution in [0.1, 0.15) is 27.7 Å². The summed E-state index contributed by atoms with van der Waals surface area (Å²) < 4.78 is 109.